The maximum absolute atomic E-state index is 4.41. The van der Waals surface area contributed by atoms with E-state index in [9.17, 15) is 0 Å². The molecule has 0 saturated carbocycles. The Labute approximate surface area is 137 Å². The van der Waals surface area contributed by atoms with Crippen LogP contribution < -0.4 is 0 Å². The van der Waals surface area contributed by atoms with Crippen molar-refractivity contribution in [2.75, 3.05) is 5.33 Å². The van der Waals surface area contributed by atoms with Crippen LogP contribution in [0.3, 0.4) is 0 Å². The Morgan fingerprint density at radius 1 is 1.25 bits per heavy atom. The largest absolute Gasteiger partial charge is 0.250 e. The molecule has 108 valence electrons. The summed E-state index contributed by atoms with van der Waals surface area (Å²) in [4.78, 5) is 4.41. The van der Waals surface area contributed by atoms with Gasteiger partial charge in [-0.3, -0.25) is 4.68 Å². The lowest BCUT2D eigenvalue weighted by molar-refractivity contribution is 0.511. The molecule has 5 heteroatoms. The molecule has 0 bridgehead atoms. The number of benzene rings is 1. The predicted molar refractivity (Wildman–Crippen MR) is 89.1 cm³/mol. The summed E-state index contributed by atoms with van der Waals surface area (Å²) >= 11 is 7.26. The molecule has 0 amide bonds. The highest BCUT2D eigenvalue weighted by atomic mass is 79.9. The van der Waals surface area contributed by atoms with Crippen molar-refractivity contribution in [3.05, 3.63) is 46.5 Å². The van der Waals surface area contributed by atoms with Gasteiger partial charge in [0.05, 0.1) is 0 Å². The van der Waals surface area contributed by atoms with E-state index >= 15 is 0 Å². The number of aryl methyl sites for hydroxylation is 1. The van der Waals surface area contributed by atoms with Gasteiger partial charge in [0.15, 0.2) is 0 Å². The Hall–Kier alpha value is -0.680. The number of halogens is 2. The summed E-state index contributed by atoms with van der Waals surface area (Å²) in [5.74, 6) is 1.61. The third-order valence-electron chi connectivity index (χ3n) is 3.29. The molecule has 0 aliphatic carbocycles. The normalized spacial score (nSPS) is 12.6. The van der Waals surface area contributed by atoms with Crippen molar-refractivity contribution in [3.63, 3.8) is 0 Å². The van der Waals surface area contributed by atoms with Gasteiger partial charge in [0.1, 0.15) is 12.2 Å². The summed E-state index contributed by atoms with van der Waals surface area (Å²) in [5.41, 5.74) is 1.35. The lowest BCUT2D eigenvalue weighted by atomic mass is 9.98. The highest BCUT2D eigenvalue weighted by Gasteiger charge is 2.14. The highest BCUT2D eigenvalue weighted by molar-refractivity contribution is 9.10. The van der Waals surface area contributed by atoms with Gasteiger partial charge < -0.3 is 0 Å². The van der Waals surface area contributed by atoms with Gasteiger partial charge in [-0.2, -0.15) is 5.10 Å². The van der Waals surface area contributed by atoms with Gasteiger partial charge in [-0.15, -0.1) is 0 Å². The Kier molecular flexibility index (Phi) is 6.23. The van der Waals surface area contributed by atoms with E-state index in [1.54, 1.807) is 6.33 Å². The summed E-state index contributed by atoms with van der Waals surface area (Å²) in [6, 6.07) is 8.41. The zero-order valence-electron chi connectivity index (χ0n) is 11.6. The smallest absolute Gasteiger partial charge is 0.138 e. The average Bonchev–Trinajstić information content (AvgIpc) is 2.88. The maximum atomic E-state index is 4.41. The van der Waals surface area contributed by atoms with Crippen LogP contribution in [-0.2, 0) is 19.4 Å². The molecule has 0 fully saturated rings. The summed E-state index contributed by atoms with van der Waals surface area (Å²) in [5, 5.41) is 5.26. The van der Waals surface area contributed by atoms with Gasteiger partial charge >= 0.3 is 0 Å². The minimum atomic E-state index is 0.522. The van der Waals surface area contributed by atoms with Crippen molar-refractivity contribution in [2.45, 2.75) is 32.7 Å². The SMILES string of the molecule is CCCn1ncnc1CC(CBr)Cc1ccccc1Br. The van der Waals surface area contributed by atoms with Gasteiger partial charge in [-0.1, -0.05) is 57.0 Å². The van der Waals surface area contributed by atoms with Gasteiger partial charge in [0.25, 0.3) is 0 Å². The molecule has 0 spiro atoms. The van der Waals surface area contributed by atoms with Crippen LogP contribution in [-0.4, -0.2) is 20.1 Å². The Balaban J connectivity index is 2.05. The fraction of sp³-hybridized carbons (Fsp3) is 0.467. The van der Waals surface area contributed by atoms with Crippen molar-refractivity contribution in [1.82, 2.24) is 14.8 Å². The molecule has 0 N–H and O–H groups in total. The molecule has 2 aromatic rings. The summed E-state index contributed by atoms with van der Waals surface area (Å²) in [7, 11) is 0. The van der Waals surface area contributed by atoms with E-state index in [4.69, 9.17) is 0 Å². The lowest BCUT2D eigenvalue weighted by Gasteiger charge is -2.15. The molecule has 1 unspecified atom stereocenters. The Morgan fingerprint density at radius 3 is 2.75 bits per heavy atom. The van der Waals surface area contributed by atoms with Gasteiger partial charge in [-0.25, -0.2) is 4.98 Å². The molecule has 20 heavy (non-hydrogen) atoms. The van der Waals surface area contributed by atoms with Crippen LogP contribution >= 0.6 is 31.9 Å². The zero-order valence-corrected chi connectivity index (χ0v) is 14.8. The summed E-state index contributed by atoms with van der Waals surface area (Å²) in [6.45, 7) is 3.11. The minimum absolute atomic E-state index is 0.522. The van der Waals surface area contributed by atoms with Crippen molar-refractivity contribution < 1.29 is 0 Å². The second kappa shape index (κ2) is 7.93. The third-order valence-corrected chi connectivity index (χ3v) is 4.98. The van der Waals surface area contributed by atoms with Crippen LogP contribution in [0.2, 0.25) is 0 Å². The second-order valence-electron chi connectivity index (χ2n) is 4.92. The van der Waals surface area contributed by atoms with E-state index in [1.807, 2.05) is 4.68 Å². The van der Waals surface area contributed by atoms with Crippen LogP contribution in [0, 0.1) is 5.92 Å². The minimum Gasteiger partial charge on any atom is -0.250 e. The number of rotatable bonds is 7. The fourth-order valence-corrected chi connectivity index (χ4v) is 3.16. The van der Waals surface area contributed by atoms with Crippen LogP contribution in [0.1, 0.15) is 24.7 Å². The van der Waals surface area contributed by atoms with Crippen molar-refractivity contribution in [3.8, 4) is 0 Å². The monoisotopic (exact) mass is 399 g/mol. The maximum Gasteiger partial charge on any atom is 0.138 e. The summed E-state index contributed by atoms with van der Waals surface area (Å²) < 4.78 is 3.20. The molecule has 0 aliphatic heterocycles. The van der Waals surface area contributed by atoms with Crippen molar-refractivity contribution >= 4 is 31.9 Å². The van der Waals surface area contributed by atoms with Crippen LogP contribution in [0.4, 0.5) is 0 Å². The van der Waals surface area contributed by atoms with E-state index in [0.29, 0.717) is 5.92 Å². The lowest BCUT2D eigenvalue weighted by Crippen LogP contribution is -2.15. The number of alkyl halides is 1. The molecule has 0 aliphatic rings. The number of nitrogens with zero attached hydrogens (tertiary/aromatic N) is 3. The van der Waals surface area contributed by atoms with E-state index in [0.717, 1.165) is 37.0 Å². The standard InChI is InChI=1S/C15H19Br2N3/c1-2-7-20-15(18-11-19-20)9-12(10-16)8-13-5-3-4-6-14(13)17/h3-6,11-12H,2,7-10H2,1H3. The van der Waals surface area contributed by atoms with Gasteiger partial charge in [-0.05, 0) is 30.4 Å². The molecule has 1 aromatic heterocycles. The topological polar surface area (TPSA) is 30.7 Å². The molecule has 1 aromatic carbocycles. The Bertz CT molecular complexity index is 539. The first-order valence-electron chi connectivity index (χ1n) is 6.90. The molecule has 0 saturated heterocycles. The molecule has 1 atom stereocenters. The van der Waals surface area contributed by atoms with E-state index < -0.39 is 0 Å². The number of hydrogen-bond donors (Lipinski definition) is 0. The molecule has 1 heterocycles. The molecule has 0 radical (unpaired) electrons. The van der Waals surface area contributed by atoms with Crippen molar-refractivity contribution in [2.24, 2.45) is 5.92 Å². The second-order valence-corrected chi connectivity index (χ2v) is 6.42. The number of aromatic nitrogens is 3. The third kappa shape index (κ3) is 4.16. The van der Waals surface area contributed by atoms with Gasteiger partial charge in [0.2, 0.25) is 0 Å². The Morgan fingerprint density at radius 2 is 2.05 bits per heavy atom. The fourth-order valence-electron chi connectivity index (χ4n) is 2.26. The predicted octanol–water partition coefficient (Wildman–Crippen LogP) is 4.25. The molecule has 2 rings (SSSR count). The quantitative estimate of drug-likeness (QED) is 0.650. The zero-order chi connectivity index (χ0) is 14.4. The van der Waals surface area contributed by atoms with Crippen LogP contribution in [0.5, 0.6) is 0 Å². The highest BCUT2D eigenvalue weighted by Crippen LogP contribution is 2.22. The molecular formula is C15H19Br2N3. The van der Waals surface area contributed by atoms with E-state index in [2.05, 4.69) is 73.1 Å². The van der Waals surface area contributed by atoms with Crippen LogP contribution in [0.15, 0.2) is 35.1 Å². The van der Waals surface area contributed by atoms with Crippen molar-refractivity contribution in [1.29, 1.82) is 0 Å². The van der Waals surface area contributed by atoms with E-state index in [-0.39, 0.29) is 0 Å². The van der Waals surface area contributed by atoms with Gasteiger partial charge in [0, 0.05) is 22.8 Å². The van der Waals surface area contributed by atoms with E-state index in [1.165, 1.54) is 10.0 Å². The first-order chi connectivity index (χ1) is 9.74. The number of hydrogen-bond acceptors (Lipinski definition) is 2. The first-order valence-corrected chi connectivity index (χ1v) is 8.82. The molecular weight excluding hydrogens is 382 g/mol. The first kappa shape index (κ1) is 15.7. The molecule has 3 nitrogen and oxygen atoms in total. The summed E-state index contributed by atoms with van der Waals surface area (Å²) in [6.07, 6.45) is 4.73. The average molecular weight is 401 g/mol. The van der Waals surface area contributed by atoms with Crippen LogP contribution in [0.25, 0.3) is 0 Å².